The van der Waals surface area contributed by atoms with Crippen LogP contribution in [0.25, 0.3) is 0 Å². The quantitative estimate of drug-likeness (QED) is 0.877. The van der Waals surface area contributed by atoms with E-state index in [4.69, 9.17) is 4.74 Å². The van der Waals surface area contributed by atoms with Gasteiger partial charge in [-0.2, -0.15) is 0 Å². The van der Waals surface area contributed by atoms with E-state index in [0.717, 1.165) is 17.2 Å². The van der Waals surface area contributed by atoms with E-state index in [1.54, 1.807) is 0 Å². The van der Waals surface area contributed by atoms with Gasteiger partial charge in [0.2, 0.25) is 10.0 Å². The second-order valence-corrected chi connectivity index (χ2v) is 7.00. The summed E-state index contributed by atoms with van der Waals surface area (Å²) in [5.74, 6) is -0.701. The molecule has 4 nitrogen and oxygen atoms in total. The van der Waals surface area contributed by atoms with E-state index in [2.05, 4.69) is 4.72 Å². The Bertz CT molecular complexity index is 773. The van der Waals surface area contributed by atoms with Crippen LogP contribution in [0.3, 0.4) is 0 Å². The molecule has 0 saturated carbocycles. The number of rotatable bonds is 6. The summed E-state index contributed by atoms with van der Waals surface area (Å²) in [6.07, 6.45) is 0.584. The summed E-state index contributed by atoms with van der Waals surface area (Å²) in [4.78, 5) is -0.124. The Morgan fingerprint density at radius 2 is 1.83 bits per heavy atom. The van der Waals surface area contributed by atoms with Crippen molar-refractivity contribution in [3.05, 3.63) is 59.4 Å². The highest BCUT2D eigenvalue weighted by atomic mass is 32.2. The Labute approximate surface area is 136 Å². The van der Waals surface area contributed by atoms with Gasteiger partial charge in [0.1, 0.15) is 0 Å². The minimum absolute atomic E-state index is 0.00882. The number of nitrogens with one attached hydrogen (secondary N) is 1. The first kappa shape index (κ1) is 17.4. The lowest BCUT2D eigenvalue weighted by Crippen LogP contribution is -2.28. The zero-order valence-corrected chi connectivity index (χ0v) is 14.2. The van der Waals surface area contributed by atoms with Crippen molar-refractivity contribution in [1.29, 1.82) is 0 Å². The molecule has 0 unspecified atom stereocenters. The largest absolute Gasteiger partial charge is 0.494 e. The number of hydrogen-bond donors (Lipinski definition) is 1. The molecule has 0 aliphatic rings. The highest BCUT2D eigenvalue weighted by molar-refractivity contribution is 7.89. The number of aryl methyl sites for hydroxylation is 1. The van der Waals surface area contributed by atoms with E-state index in [1.807, 2.05) is 38.1 Å². The molecule has 0 spiro atoms. The summed E-state index contributed by atoms with van der Waals surface area (Å²) in [5.41, 5.74) is 1.97. The zero-order valence-electron chi connectivity index (χ0n) is 13.3. The fourth-order valence-electron chi connectivity index (χ4n) is 2.26. The van der Waals surface area contributed by atoms with Crippen LogP contribution in [0.5, 0.6) is 5.75 Å². The molecule has 0 amide bonds. The molecule has 1 N–H and O–H groups in total. The SMILES string of the molecule is CC[C@@H](NS(=O)(=O)c1ccc(OC)c(F)c1)c1ccc(C)cc1. The van der Waals surface area contributed by atoms with Crippen molar-refractivity contribution in [1.82, 2.24) is 4.72 Å². The van der Waals surface area contributed by atoms with Crippen LogP contribution in [0.1, 0.15) is 30.5 Å². The first-order chi connectivity index (χ1) is 10.9. The Balaban J connectivity index is 2.28. The molecule has 0 aliphatic carbocycles. The average Bonchev–Trinajstić information content (AvgIpc) is 2.53. The van der Waals surface area contributed by atoms with Gasteiger partial charge < -0.3 is 4.74 Å². The number of hydrogen-bond acceptors (Lipinski definition) is 3. The van der Waals surface area contributed by atoms with E-state index < -0.39 is 15.8 Å². The van der Waals surface area contributed by atoms with Crippen molar-refractivity contribution < 1.29 is 17.5 Å². The van der Waals surface area contributed by atoms with E-state index in [-0.39, 0.29) is 16.7 Å². The van der Waals surface area contributed by atoms with Crippen LogP contribution < -0.4 is 9.46 Å². The molecule has 2 rings (SSSR count). The van der Waals surface area contributed by atoms with Crippen LogP contribution in [0, 0.1) is 12.7 Å². The van der Waals surface area contributed by atoms with Crippen LogP contribution in [0.4, 0.5) is 4.39 Å². The lowest BCUT2D eigenvalue weighted by atomic mass is 10.0. The minimum Gasteiger partial charge on any atom is -0.494 e. The predicted molar refractivity (Wildman–Crippen MR) is 87.5 cm³/mol. The van der Waals surface area contributed by atoms with E-state index in [0.29, 0.717) is 6.42 Å². The fourth-order valence-corrected chi connectivity index (χ4v) is 3.57. The smallest absolute Gasteiger partial charge is 0.241 e. The lowest BCUT2D eigenvalue weighted by Gasteiger charge is -2.18. The van der Waals surface area contributed by atoms with Gasteiger partial charge >= 0.3 is 0 Å². The highest BCUT2D eigenvalue weighted by Gasteiger charge is 2.21. The maximum atomic E-state index is 13.8. The highest BCUT2D eigenvalue weighted by Crippen LogP contribution is 2.24. The van der Waals surface area contributed by atoms with Crippen molar-refractivity contribution in [2.24, 2.45) is 0 Å². The summed E-state index contributed by atoms with van der Waals surface area (Å²) < 4.78 is 46.1. The van der Waals surface area contributed by atoms with Gasteiger partial charge in [-0.05, 0) is 37.1 Å². The molecule has 2 aromatic carbocycles. The van der Waals surface area contributed by atoms with Gasteiger partial charge in [-0.25, -0.2) is 17.5 Å². The molecular weight excluding hydrogens is 317 g/mol. The normalized spacial score (nSPS) is 12.9. The predicted octanol–water partition coefficient (Wildman–Crippen LogP) is 3.57. The summed E-state index contributed by atoms with van der Waals surface area (Å²) in [5, 5.41) is 0. The van der Waals surface area contributed by atoms with Gasteiger partial charge in [0, 0.05) is 6.04 Å². The second kappa shape index (κ2) is 7.10. The second-order valence-electron chi connectivity index (χ2n) is 5.29. The molecule has 2 aromatic rings. The van der Waals surface area contributed by atoms with Crippen molar-refractivity contribution >= 4 is 10.0 Å². The number of benzene rings is 2. The van der Waals surface area contributed by atoms with Crippen LogP contribution >= 0.6 is 0 Å². The summed E-state index contributed by atoms with van der Waals surface area (Å²) in [6.45, 7) is 3.86. The number of ether oxygens (including phenoxy) is 1. The Kier molecular flexibility index (Phi) is 5.38. The first-order valence-electron chi connectivity index (χ1n) is 7.30. The summed E-state index contributed by atoms with van der Waals surface area (Å²) >= 11 is 0. The lowest BCUT2D eigenvalue weighted by molar-refractivity contribution is 0.385. The molecular formula is C17H20FNO3S. The van der Waals surface area contributed by atoms with E-state index >= 15 is 0 Å². The molecule has 0 bridgehead atoms. The van der Waals surface area contributed by atoms with Gasteiger partial charge in [0.15, 0.2) is 11.6 Å². The van der Waals surface area contributed by atoms with Gasteiger partial charge in [0.05, 0.1) is 12.0 Å². The standard InChI is InChI=1S/C17H20FNO3S/c1-4-16(13-7-5-12(2)6-8-13)19-23(20,21)14-9-10-17(22-3)15(18)11-14/h5-11,16,19H,4H2,1-3H3/t16-/m1/s1. The molecule has 0 aromatic heterocycles. The van der Waals surface area contributed by atoms with Crippen molar-refractivity contribution in [3.8, 4) is 5.75 Å². The van der Waals surface area contributed by atoms with E-state index in [1.165, 1.54) is 19.2 Å². The number of methoxy groups -OCH3 is 1. The van der Waals surface area contributed by atoms with Gasteiger partial charge in [-0.1, -0.05) is 36.8 Å². The molecule has 0 heterocycles. The molecule has 0 fully saturated rings. The fraction of sp³-hybridized carbons (Fsp3) is 0.294. The maximum Gasteiger partial charge on any atom is 0.241 e. The van der Waals surface area contributed by atoms with Crippen molar-refractivity contribution in [2.75, 3.05) is 7.11 Å². The van der Waals surface area contributed by atoms with Crippen LogP contribution in [0.15, 0.2) is 47.4 Å². The topological polar surface area (TPSA) is 55.4 Å². The van der Waals surface area contributed by atoms with E-state index in [9.17, 15) is 12.8 Å². The average molecular weight is 337 g/mol. The molecule has 124 valence electrons. The monoisotopic (exact) mass is 337 g/mol. The molecule has 6 heteroatoms. The molecule has 23 heavy (non-hydrogen) atoms. The zero-order chi connectivity index (χ0) is 17.0. The van der Waals surface area contributed by atoms with Crippen molar-refractivity contribution in [2.45, 2.75) is 31.2 Å². The third-order valence-electron chi connectivity index (χ3n) is 3.62. The maximum absolute atomic E-state index is 13.8. The Hall–Kier alpha value is -1.92. The molecule has 1 atom stereocenters. The Morgan fingerprint density at radius 3 is 2.35 bits per heavy atom. The number of sulfonamides is 1. The third kappa shape index (κ3) is 4.09. The van der Waals surface area contributed by atoms with Crippen LogP contribution in [0.2, 0.25) is 0 Å². The van der Waals surface area contributed by atoms with Gasteiger partial charge in [-0.15, -0.1) is 0 Å². The minimum atomic E-state index is -3.82. The molecule has 0 saturated heterocycles. The molecule has 0 radical (unpaired) electrons. The first-order valence-corrected chi connectivity index (χ1v) is 8.78. The third-order valence-corrected chi connectivity index (χ3v) is 5.09. The van der Waals surface area contributed by atoms with Crippen molar-refractivity contribution in [3.63, 3.8) is 0 Å². The number of halogens is 1. The summed E-state index contributed by atoms with van der Waals surface area (Å²) in [6, 6.07) is 10.9. The van der Waals surface area contributed by atoms with Gasteiger partial charge in [0.25, 0.3) is 0 Å². The van der Waals surface area contributed by atoms with Crippen LogP contribution in [-0.2, 0) is 10.0 Å². The summed E-state index contributed by atoms with van der Waals surface area (Å²) in [7, 11) is -2.49. The van der Waals surface area contributed by atoms with Gasteiger partial charge in [-0.3, -0.25) is 0 Å². The van der Waals surface area contributed by atoms with Crippen LogP contribution in [-0.4, -0.2) is 15.5 Å². The molecule has 0 aliphatic heterocycles. The Morgan fingerprint density at radius 1 is 1.17 bits per heavy atom.